The number of carbonyl (C=O) groups is 1. The molecule has 4 aliphatic rings. The number of benzene rings is 1. The van der Waals surface area contributed by atoms with E-state index in [1.165, 1.54) is 19.3 Å². The van der Waals surface area contributed by atoms with Crippen LogP contribution >= 0.6 is 0 Å². The SMILES string of the molecule is O=C(C1CC2CCC1C2)N1CCN(c2ccc3c(c2)OCO3)CC1. The van der Waals surface area contributed by atoms with E-state index in [9.17, 15) is 4.79 Å². The van der Waals surface area contributed by atoms with Crippen LogP contribution in [0.15, 0.2) is 18.2 Å². The number of hydrogen-bond donors (Lipinski definition) is 0. The second-order valence-corrected chi connectivity index (χ2v) is 7.63. The lowest BCUT2D eigenvalue weighted by Crippen LogP contribution is -2.51. The van der Waals surface area contributed by atoms with Crippen molar-refractivity contribution in [2.45, 2.75) is 25.7 Å². The second-order valence-electron chi connectivity index (χ2n) is 7.63. The van der Waals surface area contributed by atoms with E-state index in [1.807, 2.05) is 6.07 Å². The molecule has 5 nitrogen and oxygen atoms in total. The summed E-state index contributed by atoms with van der Waals surface area (Å²) in [5.41, 5.74) is 1.16. The predicted molar refractivity (Wildman–Crippen MR) is 90.3 cm³/mol. The number of rotatable bonds is 2. The molecule has 1 aromatic rings. The molecule has 2 saturated carbocycles. The van der Waals surface area contributed by atoms with E-state index in [4.69, 9.17) is 9.47 Å². The number of piperazine rings is 1. The van der Waals surface area contributed by atoms with Gasteiger partial charge in [0, 0.05) is 43.9 Å². The maximum atomic E-state index is 12.9. The molecule has 1 amide bonds. The molecule has 0 spiro atoms. The Morgan fingerprint density at radius 3 is 2.58 bits per heavy atom. The first-order chi connectivity index (χ1) is 11.8. The zero-order valence-corrected chi connectivity index (χ0v) is 13.9. The zero-order chi connectivity index (χ0) is 16.1. The summed E-state index contributed by atoms with van der Waals surface area (Å²) in [7, 11) is 0. The summed E-state index contributed by atoms with van der Waals surface area (Å²) < 4.78 is 10.8. The number of hydrogen-bond acceptors (Lipinski definition) is 4. The number of nitrogens with zero attached hydrogens (tertiary/aromatic N) is 2. The van der Waals surface area contributed by atoms with Crippen LogP contribution in [0.4, 0.5) is 5.69 Å². The fraction of sp³-hybridized carbons (Fsp3) is 0.632. The van der Waals surface area contributed by atoms with Gasteiger partial charge in [0.25, 0.3) is 0 Å². The van der Waals surface area contributed by atoms with Crippen LogP contribution in [-0.4, -0.2) is 43.8 Å². The predicted octanol–water partition coefficient (Wildman–Crippen LogP) is 2.50. The van der Waals surface area contributed by atoms with E-state index in [0.717, 1.165) is 55.7 Å². The third-order valence-electron chi connectivity index (χ3n) is 6.37. The van der Waals surface area contributed by atoms with Gasteiger partial charge in [-0.2, -0.15) is 0 Å². The Balaban J connectivity index is 1.22. The Labute approximate surface area is 142 Å². The molecular weight excluding hydrogens is 304 g/mol. The van der Waals surface area contributed by atoms with Crippen LogP contribution in [-0.2, 0) is 4.79 Å². The van der Waals surface area contributed by atoms with Crippen molar-refractivity contribution >= 4 is 11.6 Å². The number of anilines is 1. The molecule has 5 heteroatoms. The second kappa shape index (κ2) is 5.57. The van der Waals surface area contributed by atoms with Crippen molar-refractivity contribution in [2.24, 2.45) is 17.8 Å². The molecule has 2 aliphatic heterocycles. The van der Waals surface area contributed by atoms with Crippen LogP contribution < -0.4 is 14.4 Å². The van der Waals surface area contributed by atoms with Crippen molar-refractivity contribution in [3.8, 4) is 11.5 Å². The number of fused-ring (bicyclic) bond motifs is 3. The summed E-state index contributed by atoms with van der Waals surface area (Å²) in [6.07, 6.45) is 5.07. The first-order valence-electron chi connectivity index (χ1n) is 9.21. The summed E-state index contributed by atoms with van der Waals surface area (Å²) in [5, 5.41) is 0. The van der Waals surface area contributed by atoms with E-state index < -0.39 is 0 Å². The third kappa shape index (κ3) is 2.33. The maximum Gasteiger partial charge on any atom is 0.231 e. The molecule has 24 heavy (non-hydrogen) atoms. The van der Waals surface area contributed by atoms with Gasteiger partial charge in [-0.1, -0.05) is 6.42 Å². The van der Waals surface area contributed by atoms with Crippen LogP contribution in [0, 0.1) is 17.8 Å². The van der Waals surface area contributed by atoms with Crippen molar-refractivity contribution in [1.29, 1.82) is 0 Å². The number of amides is 1. The quantitative estimate of drug-likeness (QED) is 0.836. The van der Waals surface area contributed by atoms with E-state index in [2.05, 4.69) is 21.9 Å². The minimum Gasteiger partial charge on any atom is -0.454 e. The van der Waals surface area contributed by atoms with Crippen LogP contribution in [0.3, 0.4) is 0 Å². The van der Waals surface area contributed by atoms with Crippen LogP contribution in [0.25, 0.3) is 0 Å². The lowest BCUT2D eigenvalue weighted by atomic mass is 9.87. The van der Waals surface area contributed by atoms with Crippen molar-refractivity contribution in [3.05, 3.63) is 18.2 Å². The van der Waals surface area contributed by atoms with E-state index in [0.29, 0.717) is 24.5 Å². The minimum absolute atomic E-state index is 0.310. The Morgan fingerprint density at radius 2 is 1.83 bits per heavy atom. The van der Waals surface area contributed by atoms with Gasteiger partial charge in [0.15, 0.2) is 11.5 Å². The minimum atomic E-state index is 0.310. The fourth-order valence-electron chi connectivity index (χ4n) is 5.05. The third-order valence-corrected chi connectivity index (χ3v) is 6.37. The van der Waals surface area contributed by atoms with Crippen molar-refractivity contribution in [2.75, 3.05) is 37.9 Å². The highest BCUT2D eigenvalue weighted by Gasteiger charge is 2.44. The molecule has 2 bridgehead atoms. The summed E-state index contributed by atoms with van der Waals surface area (Å²) in [6.45, 7) is 3.77. The van der Waals surface area contributed by atoms with E-state index >= 15 is 0 Å². The van der Waals surface area contributed by atoms with Crippen LogP contribution in [0.5, 0.6) is 11.5 Å². The van der Waals surface area contributed by atoms with Crippen LogP contribution in [0.1, 0.15) is 25.7 Å². The summed E-state index contributed by atoms with van der Waals surface area (Å²) >= 11 is 0. The monoisotopic (exact) mass is 328 g/mol. The van der Waals surface area contributed by atoms with Crippen molar-refractivity contribution < 1.29 is 14.3 Å². The molecule has 1 saturated heterocycles. The fourth-order valence-corrected chi connectivity index (χ4v) is 5.05. The van der Waals surface area contributed by atoms with Crippen molar-refractivity contribution in [1.82, 2.24) is 4.90 Å². The summed E-state index contributed by atoms with van der Waals surface area (Å²) in [5.74, 6) is 3.90. The molecule has 0 aromatic heterocycles. The topological polar surface area (TPSA) is 42.0 Å². The molecule has 128 valence electrons. The molecule has 2 aliphatic carbocycles. The largest absolute Gasteiger partial charge is 0.454 e. The maximum absolute atomic E-state index is 12.9. The average Bonchev–Trinajstić information content (AvgIpc) is 3.36. The van der Waals surface area contributed by atoms with Crippen molar-refractivity contribution in [3.63, 3.8) is 0 Å². The lowest BCUT2D eigenvalue weighted by Gasteiger charge is -2.38. The molecule has 5 rings (SSSR count). The normalized spacial score (nSPS) is 30.9. The molecular formula is C19H24N2O3. The molecule has 3 unspecified atom stereocenters. The van der Waals surface area contributed by atoms with Gasteiger partial charge in [-0.05, 0) is 43.2 Å². The lowest BCUT2D eigenvalue weighted by molar-refractivity contribution is -0.137. The van der Waals surface area contributed by atoms with Gasteiger partial charge in [0.05, 0.1) is 0 Å². The standard InChI is InChI=1S/C19H24N2O3/c22-19(16-10-13-1-2-14(16)9-13)21-7-5-20(6-8-21)15-3-4-17-18(11-15)24-12-23-17/h3-4,11,13-14,16H,1-2,5-10,12H2. The Hall–Kier alpha value is -1.91. The highest BCUT2D eigenvalue weighted by molar-refractivity contribution is 5.80. The van der Waals surface area contributed by atoms with Crippen LogP contribution in [0.2, 0.25) is 0 Å². The highest BCUT2D eigenvalue weighted by atomic mass is 16.7. The summed E-state index contributed by atoms with van der Waals surface area (Å²) in [4.78, 5) is 17.3. The van der Waals surface area contributed by atoms with Gasteiger partial charge in [-0.15, -0.1) is 0 Å². The number of ether oxygens (including phenoxy) is 2. The van der Waals surface area contributed by atoms with Gasteiger partial charge < -0.3 is 19.3 Å². The molecule has 3 atom stereocenters. The van der Waals surface area contributed by atoms with E-state index in [-0.39, 0.29) is 0 Å². The molecule has 0 radical (unpaired) electrons. The van der Waals surface area contributed by atoms with E-state index in [1.54, 1.807) is 0 Å². The molecule has 0 N–H and O–H groups in total. The van der Waals surface area contributed by atoms with Gasteiger partial charge in [0.2, 0.25) is 12.7 Å². The first kappa shape index (κ1) is 14.4. The first-order valence-corrected chi connectivity index (χ1v) is 9.21. The smallest absolute Gasteiger partial charge is 0.231 e. The van der Waals surface area contributed by atoms with Gasteiger partial charge in [-0.25, -0.2) is 0 Å². The highest BCUT2D eigenvalue weighted by Crippen LogP contribution is 2.49. The molecule has 3 fully saturated rings. The number of carbonyl (C=O) groups excluding carboxylic acids is 1. The average molecular weight is 328 g/mol. The van der Waals surface area contributed by atoms with Gasteiger partial charge >= 0.3 is 0 Å². The Bertz CT molecular complexity index is 654. The summed E-state index contributed by atoms with van der Waals surface area (Å²) in [6, 6.07) is 6.11. The van der Waals surface area contributed by atoms with Gasteiger partial charge in [0.1, 0.15) is 0 Å². The van der Waals surface area contributed by atoms with Gasteiger partial charge in [-0.3, -0.25) is 4.79 Å². The Morgan fingerprint density at radius 1 is 1.00 bits per heavy atom. The molecule has 2 heterocycles. The molecule has 1 aromatic carbocycles. The zero-order valence-electron chi connectivity index (χ0n) is 13.9. The Kier molecular flexibility index (Phi) is 3.35.